The molecular formula is C12H22O3. The highest BCUT2D eigenvalue weighted by Gasteiger charge is 1.97. The van der Waals surface area contributed by atoms with Crippen LogP contribution in [0.1, 0.15) is 39.0 Å². The maximum atomic E-state index is 10.8. The van der Waals surface area contributed by atoms with Crippen molar-refractivity contribution in [2.24, 2.45) is 0 Å². The molecule has 0 rings (SSSR count). The van der Waals surface area contributed by atoms with E-state index >= 15 is 0 Å². The van der Waals surface area contributed by atoms with E-state index in [2.05, 4.69) is 17.7 Å². The van der Waals surface area contributed by atoms with Gasteiger partial charge in [-0.1, -0.05) is 38.3 Å². The smallest absolute Gasteiger partial charge is 0.332 e. The first kappa shape index (κ1) is 14.2. The Morgan fingerprint density at radius 1 is 1.20 bits per heavy atom. The molecule has 0 radical (unpaired) electrons. The van der Waals surface area contributed by atoms with E-state index in [1.165, 1.54) is 32.8 Å². The van der Waals surface area contributed by atoms with Crippen molar-refractivity contribution in [3.8, 4) is 0 Å². The average Bonchev–Trinajstić information content (AvgIpc) is 2.22. The number of hydrogen-bond acceptors (Lipinski definition) is 3. The molecule has 3 nitrogen and oxygen atoms in total. The van der Waals surface area contributed by atoms with Gasteiger partial charge in [0.05, 0.1) is 0 Å². The van der Waals surface area contributed by atoms with E-state index in [1.807, 2.05) is 6.08 Å². The highest BCUT2D eigenvalue weighted by atomic mass is 16.6. The molecule has 0 amide bonds. The van der Waals surface area contributed by atoms with Crippen LogP contribution in [0.4, 0.5) is 0 Å². The molecule has 0 unspecified atom stereocenters. The van der Waals surface area contributed by atoms with Gasteiger partial charge in [-0.05, 0) is 12.8 Å². The van der Waals surface area contributed by atoms with Crippen molar-refractivity contribution in [1.29, 1.82) is 0 Å². The number of ether oxygens (including phenoxy) is 2. The Hall–Kier alpha value is -0.830. The van der Waals surface area contributed by atoms with Crippen LogP contribution in [0.3, 0.4) is 0 Å². The van der Waals surface area contributed by atoms with E-state index in [4.69, 9.17) is 4.74 Å². The van der Waals surface area contributed by atoms with E-state index in [0.29, 0.717) is 6.61 Å². The Labute approximate surface area is 92.5 Å². The van der Waals surface area contributed by atoms with Crippen LogP contribution in [-0.4, -0.2) is 26.3 Å². The molecule has 0 heterocycles. The van der Waals surface area contributed by atoms with Gasteiger partial charge in [-0.2, -0.15) is 0 Å². The topological polar surface area (TPSA) is 35.5 Å². The van der Waals surface area contributed by atoms with Crippen molar-refractivity contribution in [3.63, 3.8) is 0 Å². The highest BCUT2D eigenvalue weighted by molar-refractivity contribution is 5.70. The highest BCUT2D eigenvalue weighted by Crippen LogP contribution is 2.02. The summed E-state index contributed by atoms with van der Waals surface area (Å²) in [6.45, 7) is 2.59. The summed E-state index contributed by atoms with van der Waals surface area (Å²) in [5, 5.41) is 0. The van der Waals surface area contributed by atoms with Crippen LogP contribution in [0.2, 0.25) is 0 Å². The summed E-state index contributed by atoms with van der Waals surface area (Å²) in [4.78, 5) is 10.8. The van der Waals surface area contributed by atoms with Crippen LogP contribution < -0.4 is 0 Å². The summed E-state index contributed by atoms with van der Waals surface area (Å²) in [6, 6.07) is 0. The largest absolute Gasteiger partial charge is 0.460 e. The Balaban J connectivity index is 3.20. The normalized spacial score (nSPS) is 10.8. The third-order valence-electron chi connectivity index (χ3n) is 1.99. The molecule has 0 aromatic heterocycles. The second-order valence-electron chi connectivity index (χ2n) is 3.44. The van der Waals surface area contributed by atoms with Gasteiger partial charge in [-0.25, -0.2) is 4.79 Å². The minimum Gasteiger partial charge on any atom is -0.460 e. The summed E-state index contributed by atoms with van der Waals surface area (Å²) in [7, 11) is 1.48. The van der Waals surface area contributed by atoms with Crippen molar-refractivity contribution >= 4 is 5.97 Å². The monoisotopic (exact) mass is 214 g/mol. The Morgan fingerprint density at radius 2 is 2.00 bits per heavy atom. The lowest BCUT2D eigenvalue weighted by atomic mass is 10.1. The summed E-state index contributed by atoms with van der Waals surface area (Å²) >= 11 is 0. The predicted octanol–water partition coefficient (Wildman–Crippen LogP) is 2.70. The van der Waals surface area contributed by atoms with Gasteiger partial charge in [-0.15, -0.1) is 0 Å². The molecule has 3 heteroatoms. The van der Waals surface area contributed by atoms with Gasteiger partial charge >= 0.3 is 5.97 Å². The second-order valence-corrected chi connectivity index (χ2v) is 3.44. The number of rotatable bonds is 9. The fourth-order valence-electron chi connectivity index (χ4n) is 1.18. The van der Waals surface area contributed by atoms with E-state index in [0.717, 1.165) is 6.42 Å². The van der Waals surface area contributed by atoms with Gasteiger partial charge in [0, 0.05) is 7.11 Å². The summed E-state index contributed by atoms with van der Waals surface area (Å²) in [5.74, 6) is -0.312. The van der Waals surface area contributed by atoms with Gasteiger partial charge in [0.2, 0.25) is 0 Å². The standard InChI is InChI=1S/C12H22O3/c1-3-4-5-6-7-8-9-10-15-12(13)11-14-2/h8-9H,3-7,10-11H2,1-2H3/b9-8-. The first-order valence-electron chi connectivity index (χ1n) is 5.60. The molecule has 0 aromatic carbocycles. The Kier molecular flexibility index (Phi) is 10.6. The number of methoxy groups -OCH3 is 1. The van der Waals surface area contributed by atoms with Crippen molar-refractivity contribution in [3.05, 3.63) is 12.2 Å². The molecule has 15 heavy (non-hydrogen) atoms. The molecule has 0 aromatic rings. The van der Waals surface area contributed by atoms with Gasteiger partial charge in [0.15, 0.2) is 0 Å². The predicted molar refractivity (Wildman–Crippen MR) is 60.7 cm³/mol. The average molecular weight is 214 g/mol. The lowest BCUT2D eigenvalue weighted by Crippen LogP contribution is -2.10. The number of allylic oxidation sites excluding steroid dienone is 1. The molecule has 0 aliphatic heterocycles. The van der Waals surface area contributed by atoms with Crippen LogP contribution in [0.5, 0.6) is 0 Å². The maximum absolute atomic E-state index is 10.8. The fourth-order valence-corrected chi connectivity index (χ4v) is 1.18. The van der Waals surface area contributed by atoms with Gasteiger partial charge in [-0.3, -0.25) is 0 Å². The first-order chi connectivity index (χ1) is 7.31. The van der Waals surface area contributed by atoms with E-state index in [-0.39, 0.29) is 12.6 Å². The molecule has 0 saturated heterocycles. The second kappa shape index (κ2) is 11.2. The first-order valence-corrected chi connectivity index (χ1v) is 5.60. The van der Waals surface area contributed by atoms with Gasteiger partial charge in [0.1, 0.15) is 13.2 Å². The lowest BCUT2D eigenvalue weighted by molar-refractivity contribution is -0.146. The molecule has 0 atom stereocenters. The van der Waals surface area contributed by atoms with Crippen LogP contribution in [0, 0.1) is 0 Å². The quantitative estimate of drug-likeness (QED) is 0.336. The van der Waals surface area contributed by atoms with Crippen molar-refractivity contribution in [1.82, 2.24) is 0 Å². The zero-order chi connectivity index (χ0) is 11.4. The van der Waals surface area contributed by atoms with E-state index in [9.17, 15) is 4.79 Å². The Bertz CT molecular complexity index is 176. The van der Waals surface area contributed by atoms with Crippen molar-refractivity contribution in [2.45, 2.75) is 39.0 Å². The number of carbonyl (C=O) groups is 1. The minimum atomic E-state index is -0.312. The van der Waals surface area contributed by atoms with Crippen LogP contribution >= 0.6 is 0 Å². The van der Waals surface area contributed by atoms with Gasteiger partial charge in [0.25, 0.3) is 0 Å². The van der Waals surface area contributed by atoms with Crippen molar-refractivity contribution < 1.29 is 14.3 Å². The number of hydrogen-bond donors (Lipinski definition) is 0. The Morgan fingerprint density at radius 3 is 2.67 bits per heavy atom. The minimum absolute atomic E-state index is 0.0321. The molecule has 0 N–H and O–H groups in total. The SMILES string of the molecule is CCCCCC/C=C\COC(=O)COC. The maximum Gasteiger partial charge on any atom is 0.332 e. The van der Waals surface area contributed by atoms with Crippen LogP contribution in [0.15, 0.2) is 12.2 Å². The zero-order valence-electron chi connectivity index (χ0n) is 9.83. The molecule has 0 aliphatic carbocycles. The zero-order valence-corrected chi connectivity index (χ0v) is 9.83. The van der Waals surface area contributed by atoms with E-state index < -0.39 is 0 Å². The molecule has 0 fully saturated rings. The lowest BCUT2D eigenvalue weighted by Gasteiger charge is -1.99. The number of unbranched alkanes of at least 4 members (excludes halogenated alkanes) is 4. The third-order valence-corrected chi connectivity index (χ3v) is 1.99. The molecule has 0 spiro atoms. The molecular weight excluding hydrogens is 192 g/mol. The van der Waals surface area contributed by atoms with Crippen molar-refractivity contribution in [2.75, 3.05) is 20.3 Å². The molecule has 0 saturated carbocycles. The fraction of sp³-hybridized carbons (Fsp3) is 0.750. The van der Waals surface area contributed by atoms with E-state index in [1.54, 1.807) is 0 Å². The molecule has 0 aliphatic rings. The van der Waals surface area contributed by atoms with Crippen LogP contribution in [-0.2, 0) is 14.3 Å². The summed E-state index contributed by atoms with van der Waals surface area (Å²) in [6.07, 6.45) is 10.1. The molecule has 0 bridgehead atoms. The number of carbonyl (C=O) groups excluding carboxylic acids is 1. The third kappa shape index (κ3) is 11.1. The number of esters is 1. The summed E-state index contributed by atoms with van der Waals surface area (Å²) < 4.78 is 9.49. The summed E-state index contributed by atoms with van der Waals surface area (Å²) in [5.41, 5.74) is 0. The van der Waals surface area contributed by atoms with Gasteiger partial charge < -0.3 is 9.47 Å². The van der Waals surface area contributed by atoms with Crippen LogP contribution in [0.25, 0.3) is 0 Å². The molecule has 88 valence electrons.